The van der Waals surface area contributed by atoms with E-state index in [2.05, 4.69) is 5.32 Å². The Morgan fingerprint density at radius 1 is 1.22 bits per heavy atom. The molecule has 1 N–H and O–H groups in total. The van der Waals surface area contributed by atoms with E-state index in [1.165, 1.54) is 17.1 Å². The largest absolute Gasteiger partial charge is 0.372 e. The summed E-state index contributed by atoms with van der Waals surface area (Å²) >= 11 is 0. The normalized spacial score (nSPS) is 24.7. The molecule has 1 amide bonds. The van der Waals surface area contributed by atoms with Crippen molar-refractivity contribution < 1.29 is 17.9 Å². The second-order valence-electron chi connectivity index (χ2n) is 8.53. The minimum absolute atomic E-state index is 0.0242. The van der Waals surface area contributed by atoms with Gasteiger partial charge in [0.1, 0.15) is 0 Å². The van der Waals surface area contributed by atoms with Crippen LogP contribution < -0.4 is 5.32 Å². The third-order valence-electron chi connectivity index (χ3n) is 5.84. The quantitative estimate of drug-likeness (QED) is 0.768. The topological polar surface area (TPSA) is 75.7 Å². The molecule has 1 atom stereocenters. The number of amides is 1. The molecular weight excluding hydrogens is 364 g/mol. The number of nitrogens with one attached hydrogen (secondary N) is 1. The van der Waals surface area contributed by atoms with Crippen molar-refractivity contribution in [3.63, 3.8) is 0 Å². The van der Waals surface area contributed by atoms with E-state index < -0.39 is 10.0 Å². The van der Waals surface area contributed by atoms with Crippen molar-refractivity contribution in [3.8, 4) is 0 Å². The summed E-state index contributed by atoms with van der Waals surface area (Å²) in [5, 5.41) is 3.00. The second-order valence-corrected chi connectivity index (χ2v) is 10.5. The summed E-state index contributed by atoms with van der Waals surface area (Å²) in [5.41, 5.74) is 1.53. The zero-order valence-corrected chi connectivity index (χ0v) is 16.6. The Bertz CT molecular complexity index is 796. The molecule has 2 heterocycles. The van der Waals surface area contributed by atoms with Gasteiger partial charge in [-0.25, -0.2) is 8.42 Å². The Morgan fingerprint density at radius 3 is 2.59 bits per heavy atom. The lowest BCUT2D eigenvalue weighted by Gasteiger charge is -2.46. The first-order valence-corrected chi connectivity index (χ1v) is 11.4. The molecule has 7 heteroatoms. The number of hydrogen-bond donors (Lipinski definition) is 1. The summed E-state index contributed by atoms with van der Waals surface area (Å²) in [6.07, 6.45) is 3.69. The molecule has 0 radical (unpaired) electrons. The zero-order chi connectivity index (χ0) is 19.1. The van der Waals surface area contributed by atoms with Gasteiger partial charge < -0.3 is 10.1 Å². The number of aryl methyl sites for hydroxylation is 1. The highest BCUT2D eigenvalue weighted by Gasteiger charge is 2.53. The maximum absolute atomic E-state index is 12.6. The van der Waals surface area contributed by atoms with Crippen LogP contribution in [0.15, 0.2) is 24.3 Å². The Hall–Kier alpha value is -1.44. The van der Waals surface area contributed by atoms with E-state index in [0.717, 1.165) is 24.1 Å². The Balaban J connectivity index is 1.25. The minimum atomic E-state index is -3.33. The van der Waals surface area contributed by atoms with Crippen LogP contribution in [0.4, 0.5) is 0 Å². The first-order valence-electron chi connectivity index (χ1n) is 9.78. The smallest absolute Gasteiger partial charge is 0.220 e. The van der Waals surface area contributed by atoms with Gasteiger partial charge in [-0.1, -0.05) is 29.8 Å². The highest BCUT2D eigenvalue weighted by atomic mass is 32.2. The van der Waals surface area contributed by atoms with Crippen LogP contribution in [-0.4, -0.2) is 50.5 Å². The van der Waals surface area contributed by atoms with Crippen molar-refractivity contribution in [1.82, 2.24) is 9.62 Å². The fourth-order valence-corrected chi connectivity index (χ4v) is 5.64. The third kappa shape index (κ3) is 4.52. The van der Waals surface area contributed by atoms with Gasteiger partial charge in [-0.3, -0.25) is 4.79 Å². The van der Waals surface area contributed by atoms with Gasteiger partial charge in [0.25, 0.3) is 0 Å². The number of benzene rings is 1. The van der Waals surface area contributed by atoms with Gasteiger partial charge in [0.2, 0.25) is 15.9 Å². The molecule has 1 aromatic rings. The average molecular weight is 393 g/mol. The van der Waals surface area contributed by atoms with Crippen LogP contribution in [0.1, 0.15) is 36.8 Å². The van der Waals surface area contributed by atoms with E-state index in [4.69, 9.17) is 4.74 Å². The summed E-state index contributed by atoms with van der Waals surface area (Å²) in [6.45, 7) is 4.13. The van der Waals surface area contributed by atoms with E-state index in [1.54, 1.807) is 0 Å². The highest BCUT2D eigenvalue weighted by molar-refractivity contribution is 7.88. The fraction of sp³-hybridized carbons (Fsp3) is 0.650. The van der Waals surface area contributed by atoms with Crippen LogP contribution in [0.5, 0.6) is 0 Å². The summed E-state index contributed by atoms with van der Waals surface area (Å²) in [7, 11) is -3.33. The molecule has 4 rings (SSSR count). The van der Waals surface area contributed by atoms with E-state index in [0.29, 0.717) is 32.0 Å². The molecule has 148 valence electrons. The average Bonchev–Trinajstić information content (AvgIpc) is 3.32. The summed E-state index contributed by atoms with van der Waals surface area (Å²) in [5.74, 6) is 0.983. The first-order chi connectivity index (χ1) is 12.8. The van der Waals surface area contributed by atoms with Crippen LogP contribution in [0, 0.1) is 18.8 Å². The minimum Gasteiger partial charge on any atom is -0.372 e. The molecule has 2 aliphatic heterocycles. The Kier molecular flexibility index (Phi) is 5.03. The lowest BCUT2D eigenvalue weighted by Crippen LogP contribution is -2.63. The van der Waals surface area contributed by atoms with Gasteiger partial charge >= 0.3 is 0 Å². The number of carbonyl (C=O) groups excluding carboxylic acids is 1. The molecule has 1 saturated carbocycles. The number of sulfonamides is 1. The molecule has 0 bridgehead atoms. The van der Waals surface area contributed by atoms with Gasteiger partial charge in [-0.15, -0.1) is 0 Å². The second kappa shape index (κ2) is 7.18. The molecule has 0 aromatic heterocycles. The van der Waals surface area contributed by atoms with Crippen molar-refractivity contribution in [2.45, 2.75) is 44.0 Å². The highest BCUT2D eigenvalue weighted by Crippen LogP contribution is 2.40. The molecule has 3 aliphatic rings. The summed E-state index contributed by atoms with van der Waals surface area (Å²) in [6, 6.07) is 7.60. The van der Waals surface area contributed by atoms with Crippen molar-refractivity contribution >= 4 is 15.9 Å². The molecule has 6 nitrogen and oxygen atoms in total. The molecule has 1 aromatic carbocycles. The number of nitrogens with zero attached hydrogens (tertiary/aromatic N) is 1. The molecular formula is C20H28N2O4S. The van der Waals surface area contributed by atoms with Crippen LogP contribution in [0.2, 0.25) is 0 Å². The molecule has 2 saturated heterocycles. The van der Waals surface area contributed by atoms with E-state index in [9.17, 15) is 13.2 Å². The van der Waals surface area contributed by atoms with Crippen molar-refractivity contribution in [1.29, 1.82) is 0 Å². The van der Waals surface area contributed by atoms with E-state index >= 15 is 0 Å². The van der Waals surface area contributed by atoms with E-state index in [-0.39, 0.29) is 23.2 Å². The van der Waals surface area contributed by atoms with Crippen molar-refractivity contribution in [3.05, 3.63) is 35.4 Å². The monoisotopic (exact) mass is 392 g/mol. The maximum atomic E-state index is 12.6. The molecule has 1 unspecified atom stereocenters. The van der Waals surface area contributed by atoms with Gasteiger partial charge in [-0.2, -0.15) is 4.31 Å². The lowest BCUT2D eigenvalue weighted by atomic mass is 9.87. The molecule has 1 spiro atoms. The maximum Gasteiger partial charge on any atom is 0.220 e. The summed E-state index contributed by atoms with van der Waals surface area (Å²) < 4.78 is 32.7. The summed E-state index contributed by atoms with van der Waals surface area (Å²) in [4.78, 5) is 12.0. The third-order valence-corrected chi connectivity index (χ3v) is 7.58. The van der Waals surface area contributed by atoms with E-state index in [1.807, 2.05) is 31.2 Å². The number of ether oxygens (including phenoxy) is 1. The fourth-order valence-electron chi connectivity index (χ4n) is 3.98. The Morgan fingerprint density at radius 2 is 1.93 bits per heavy atom. The molecule has 3 fully saturated rings. The lowest BCUT2D eigenvalue weighted by molar-refractivity contribution is -0.122. The number of rotatable bonds is 7. The molecule has 1 aliphatic carbocycles. The van der Waals surface area contributed by atoms with Gasteiger partial charge in [0, 0.05) is 26.1 Å². The van der Waals surface area contributed by atoms with Gasteiger partial charge in [0.05, 0.1) is 18.0 Å². The predicted molar refractivity (Wildman–Crippen MR) is 103 cm³/mol. The van der Waals surface area contributed by atoms with Crippen molar-refractivity contribution in [2.75, 3.05) is 26.2 Å². The van der Waals surface area contributed by atoms with Gasteiger partial charge in [-0.05, 0) is 43.6 Å². The van der Waals surface area contributed by atoms with Gasteiger partial charge in [0.15, 0.2) is 0 Å². The molecule has 27 heavy (non-hydrogen) atoms. The van der Waals surface area contributed by atoms with Crippen LogP contribution in [-0.2, 0) is 25.3 Å². The number of carbonyl (C=O) groups is 1. The zero-order valence-electron chi connectivity index (χ0n) is 15.8. The standard InChI is InChI=1S/C20H28N2O4S/c1-15-2-4-17(5-3-15)12-27(24,25)22-13-20(14-22)9-18(11-26-20)8-19(23)21-10-16-6-7-16/h2-5,16,18H,6-14H2,1H3,(H,21,23). The van der Waals surface area contributed by atoms with Crippen LogP contribution >= 0.6 is 0 Å². The van der Waals surface area contributed by atoms with Crippen LogP contribution in [0.25, 0.3) is 0 Å². The van der Waals surface area contributed by atoms with Crippen LogP contribution in [0.3, 0.4) is 0 Å². The first kappa shape index (κ1) is 18.9. The SMILES string of the molecule is Cc1ccc(CS(=O)(=O)N2CC3(CC(CC(=O)NCC4CC4)CO3)C2)cc1. The Labute approximate surface area is 161 Å². The predicted octanol–water partition coefficient (Wildman–Crippen LogP) is 1.83. The van der Waals surface area contributed by atoms with Crippen molar-refractivity contribution in [2.24, 2.45) is 11.8 Å². The number of hydrogen-bond acceptors (Lipinski definition) is 4.